The summed E-state index contributed by atoms with van der Waals surface area (Å²) < 4.78 is 0.898. The van der Waals surface area contributed by atoms with Crippen molar-refractivity contribution in [2.75, 3.05) is 12.3 Å². The van der Waals surface area contributed by atoms with Crippen LogP contribution in [0.1, 0.15) is 18.2 Å². The molecular weight excluding hydrogens is 246 g/mol. The zero-order chi connectivity index (χ0) is 10.7. The molecule has 0 saturated carbocycles. The minimum atomic E-state index is 0.723. The van der Waals surface area contributed by atoms with Crippen molar-refractivity contribution in [3.8, 4) is 0 Å². The highest BCUT2D eigenvalue weighted by atomic mass is 35.5. The molecule has 15 heavy (non-hydrogen) atoms. The molecule has 1 fully saturated rings. The first kappa shape index (κ1) is 11.8. The number of nitrogens with one attached hydrogen (secondary N) is 1. The van der Waals surface area contributed by atoms with E-state index in [1.807, 2.05) is 6.07 Å². The molecule has 2 heterocycles. The highest BCUT2D eigenvalue weighted by molar-refractivity contribution is 8.00. The van der Waals surface area contributed by atoms with Crippen molar-refractivity contribution in [1.29, 1.82) is 0 Å². The number of thioether (sulfide) groups is 1. The fourth-order valence-corrected chi connectivity index (χ4v) is 4.12. The number of rotatable bonds is 4. The Morgan fingerprint density at radius 3 is 3.00 bits per heavy atom. The first-order chi connectivity index (χ1) is 7.24. The van der Waals surface area contributed by atoms with Gasteiger partial charge in [-0.1, -0.05) is 18.5 Å². The smallest absolute Gasteiger partial charge is 0.0931 e. The van der Waals surface area contributed by atoms with Gasteiger partial charge in [-0.05, 0) is 25.0 Å². The monoisotopic (exact) mass is 261 g/mol. The van der Waals surface area contributed by atoms with Crippen molar-refractivity contribution >= 4 is 34.7 Å². The molecular formula is C11H16ClNS2. The molecule has 0 bridgehead atoms. The molecule has 1 nitrogen and oxygen atoms in total. The van der Waals surface area contributed by atoms with Crippen LogP contribution in [0.3, 0.4) is 0 Å². The van der Waals surface area contributed by atoms with E-state index in [2.05, 4.69) is 30.1 Å². The Morgan fingerprint density at radius 1 is 1.53 bits per heavy atom. The van der Waals surface area contributed by atoms with Gasteiger partial charge in [0.1, 0.15) is 0 Å². The van der Waals surface area contributed by atoms with Crippen LogP contribution in [0.25, 0.3) is 0 Å². The molecule has 1 aliphatic heterocycles. The lowest BCUT2D eigenvalue weighted by Crippen LogP contribution is -2.30. The molecule has 1 aromatic heterocycles. The van der Waals surface area contributed by atoms with E-state index in [4.69, 9.17) is 11.6 Å². The summed E-state index contributed by atoms with van der Waals surface area (Å²) in [6.45, 7) is 3.39. The molecule has 2 rings (SSSR count). The first-order valence-corrected chi connectivity index (χ1v) is 7.57. The molecule has 2 atom stereocenters. The quantitative estimate of drug-likeness (QED) is 0.891. The van der Waals surface area contributed by atoms with Crippen LogP contribution in [0.2, 0.25) is 4.34 Å². The second-order valence-electron chi connectivity index (χ2n) is 3.99. The van der Waals surface area contributed by atoms with Crippen molar-refractivity contribution in [2.24, 2.45) is 0 Å². The zero-order valence-electron chi connectivity index (χ0n) is 8.83. The van der Waals surface area contributed by atoms with Crippen LogP contribution in [0.4, 0.5) is 0 Å². The molecule has 0 aromatic carbocycles. The second kappa shape index (κ2) is 5.58. The molecule has 0 spiro atoms. The van der Waals surface area contributed by atoms with Gasteiger partial charge in [0.2, 0.25) is 0 Å². The first-order valence-electron chi connectivity index (χ1n) is 5.33. The lowest BCUT2D eigenvalue weighted by atomic mass is 10.2. The van der Waals surface area contributed by atoms with E-state index in [9.17, 15) is 0 Å². The number of halogens is 1. The van der Waals surface area contributed by atoms with Crippen LogP contribution in [0.15, 0.2) is 12.1 Å². The minimum absolute atomic E-state index is 0.723. The molecule has 1 aliphatic rings. The summed E-state index contributed by atoms with van der Waals surface area (Å²) in [5, 5.41) is 4.44. The number of thiophene rings is 1. The van der Waals surface area contributed by atoms with Gasteiger partial charge in [-0.2, -0.15) is 11.8 Å². The average Bonchev–Trinajstić information content (AvgIpc) is 2.76. The van der Waals surface area contributed by atoms with Crippen molar-refractivity contribution in [3.05, 3.63) is 21.3 Å². The number of hydrogen-bond donors (Lipinski definition) is 1. The molecule has 0 amide bonds. The van der Waals surface area contributed by atoms with Crippen molar-refractivity contribution < 1.29 is 0 Å². The van der Waals surface area contributed by atoms with E-state index >= 15 is 0 Å². The third kappa shape index (κ3) is 3.66. The van der Waals surface area contributed by atoms with Crippen LogP contribution < -0.4 is 5.32 Å². The van der Waals surface area contributed by atoms with Crippen LogP contribution in [0, 0.1) is 0 Å². The van der Waals surface area contributed by atoms with Gasteiger partial charge in [-0.15, -0.1) is 11.3 Å². The normalized spacial score (nSPS) is 26.0. The highest BCUT2D eigenvalue weighted by Crippen LogP contribution is 2.26. The largest absolute Gasteiger partial charge is 0.313 e. The van der Waals surface area contributed by atoms with E-state index in [0.29, 0.717) is 0 Å². The second-order valence-corrected chi connectivity index (χ2v) is 7.26. The Hall–Kier alpha value is 0.300. The van der Waals surface area contributed by atoms with Gasteiger partial charge in [0, 0.05) is 28.5 Å². The third-order valence-corrected chi connectivity index (χ3v) is 5.28. The van der Waals surface area contributed by atoms with E-state index < -0.39 is 0 Å². The summed E-state index contributed by atoms with van der Waals surface area (Å²) in [7, 11) is 0. The van der Waals surface area contributed by atoms with E-state index in [1.54, 1.807) is 11.3 Å². The Kier molecular flexibility index (Phi) is 4.38. The maximum Gasteiger partial charge on any atom is 0.0931 e. The Morgan fingerprint density at radius 2 is 2.40 bits per heavy atom. The van der Waals surface area contributed by atoms with Gasteiger partial charge >= 0.3 is 0 Å². The lowest BCUT2D eigenvalue weighted by molar-refractivity contribution is 0.543. The standard InChI is InChI=1S/C11H16ClNS2/c1-8-6-9(7-14-8)13-5-4-10-2-3-11(12)15-10/h2-3,8-9,13H,4-7H2,1H3. The minimum Gasteiger partial charge on any atom is -0.313 e. The number of hydrogen-bond acceptors (Lipinski definition) is 3. The SMILES string of the molecule is CC1CC(NCCc2ccc(Cl)s2)CS1. The Bertz CT molecular complexity index is 313. The summed E-state index contributed by atoms with van der Waals surface area (Å²) in [6.07, 6.45) is 2.42. The van der Waals surface area contributed by atoms with Gasteiger partial charge in [-0.3, -0.25) is 0 Å². The van der Waals surface area contributed by atoms with Crippen LogP contribution in [-0.4, -0.2) is 23.6 Å². The predicted molar refractivity (Wildman–Crippen MR) is 71.4 cm³/mol. The van der Waals surface area contributed by atoms with E-state index in [-0.39, 0.29) is 0 Å². The zero-order valence-corrected chi connectivity index (χ0v) is 11.2. The van der Waals surface area contributed by atoms with E-state index in [0.717, 1.165) is 28.6 Å². The maximum atomic E-state index is 5.88. The molecule has 4 heteroatoms. The van der Waals surface area contributed by atoms with Crippen molar-refractivity contribution in [3.63, 3.8) is 0 Å². The van der Waals surface area contributed by atoms with Gasteiger partial charge in [-0.25, -0.2) is 0 Å². The summed E-state index contributed by atoms with van der Waals surface area (Å²) in [6, 6.07) is 4.83. The highest BCUT2D eigenvalue weighted by Gasteiger charge is 2.20. The van der Waals surface area contributed by atoms with Crippen LogP contribution in [-0.2, 0) is 6.42 Å². The summed E-state index contributed by atoms with van der Waals surface area (Å²) in [5.41, 5.74) is 0. The molecule has 84 valence electrons. The summed E-state index contributed by atoms with van der Waals surface area (Å²) >= 11 is 9.65. The van der Waals surface area contributed by atoms with Gasteiger partial charge < -0.3 is 5.32 Å². The molecule has 2 unspecified atom stereocenters. The fraction of sp³-hybridized carbons (Fsp3) is 0.636. The van der Waals surface area contributed by atoms with Gasteiger partial charge in [0.15, 0.2) is 0 Å². The molecule has 1 aromatic rings. The maximum absolute atomic E-state index is 5.88. The molecule has 0 radical (unpaired) electrons. The lowest BCUT2D eigenvalue weighted by Gasteiger charge is -2.10. The van der Waals surface area contributed by atoms with Gasteiger partial charge in [0.05, 0.1) is 4.34 Å². The topological polar surface area (TPSA) is 12.0 Å². The summed E-state index contributed by atoms with van der Waals surface area (Å²) in [5.74, 6) is 1.27. The fourth-order valence-electron chi connectivity index (χ4n) is 1.85. The van der Waals surface area contributed by atoms with Gasteiger partial charge in [0.25, 0.3) is 0 Å². The summed E-state index contributed by atoms with van der Waals surface area (Å²) in [4.78, 5) is 1.38. The molecule has 1 N–H and O–H groups in total. The Balaban J connectivity index is 1.67. The van der Waals surface area contributed by atoms with Crippen LogP contribution in [0.5, 0.6) is 0 Å². The van der Waals surface area contributed by atoms with Crippen molar-refractivity contribution in [2.45, 2.75) is 31.1 Å². The molecule has 1 saturated heterocycles. The third-order valence-electron chi connectivity index (χ3n) is 2.63. The average molecular weight is 262 g/mol. The molecule has 0 aliphatic carbocycles. The van der Waals surface area contributed by atoms with E-state index in [1.165, 1.54) is 17.1 Å². The predicted octanol–water partition coefficient (Wildman–Crippen LogP) is 3.43. The van der Waals surface area contributed by atoms with Crippen LogP contribution >= 0.6 is 34.7 Å². The Labute approximate surface area is 105 Å². The van der Waals surface area contributed by atoms with Crippen molar-refractivity contribution in [1.82, 2.24) is 5.32 Å².